The number of hydrogen-bond donors (Lipinski definition) is 1. The van der Waals surface area contributed by atoms with Gasteiger partial charge in [-0.15, -0.1) is 6.42 Å². The van der Waals surface area contributed by atoms with Crippen molar-refractivity contribution in [3.05, 3.63) is 42.6 Å². The quantitative estimate of drug-likeness (QED) is 0.449. The molecule has 0 aromatic carbocycles. The standard InChI is InChI=1S/C23H22N8O2/c1-5-18-17(13-30(3)29-18)15-11-25-21-10-19(15)33-14(2)7-9-32-23-16(12-26-31(23)4)22-24-8-6-20(27-21)28-22/h1,6,8,10-14H,7,9H2,2-4H3,(H,24,25,27,28)/t14-/m0/s1. The molecule has 0 saturated heterocycles. The summed E-state index contributed by atoms with van der Waals surface area (Å²) in [5.41, 5.74) is 2.79. The Balaban J connectivity index is 1.60. The largest absolute Gasteiger partial charge is 0.490 e. The van der Waals surface area contributed by atoms with E-state index in [1.807, 2.05) is 33.3 Å². The molecule has 0 unspecified atom stereocenters. The first-order chi connectivity index (χ1) is 16.0. The molecular formula is C23H22N8O2. The molecule has 1 aliphatic heterocycles. The van der Waals surface area contributed by atoms with Crippen molar-refractivity contribution in [1.29, 1.82) is 0 Å². The summed E-state index contributed by atoms with van der Waals surface area (Å²) in [7, 11) is 3.65. The van der Waals surface area contributed by atoms with Gasteiger partial charge < -0.3 is 14.8 Å². The lowest BCUT2D eigenvalue weighted by molar-refractivity contribution is 0.173. The topological polar surface area (TPSA) is 105 Å². The van der Waals surface area contributed by atoms with E-state index < -0.39 is 0 Å². The molecule has 33 heavy (non-hydrogen) atoms. The first-order valence-corrected chi connectivity index (χ1v) is 10.4. The average molecular weight is 442 g/mol. The van der Waals surface area contributed by atoms with Crippen LogP contribution >= 0.6 is 0 Å². The number of aromatic nitrogens is 7. The number of fused-ring (bicyclic) bond motifs is 6. The monoisotopic (exact) mass is 442 g/mol. The Morgan fingerprint density at radius 3 is 2.88 bits per heavy atom. The zero-order chi connectivity index (χ0) is 22.9. The van der Waals surface area contributed by atoms with Crippen LogP contribution in [0.3, 0.4) is 0 Å². The first-order valence-electron chi connectivity index (χ1n) is 10.4. The summed E-state index contributed by atoms with van der Waals surface area (Å²) in [5.74, 6) is 5.54. The van der Waals surface area contributed by atoms with Gasteiger partial charge in [-0.3, -0.25) is 4.68 Å². The number of nitrogens with zero attached hydrogens (tertiary/aromatic N) is 7. The van der Waals surface area contributed by atoms with Gasteiger partial charge in [-0.05, 0) is 18.9 Å². The molecule has 5 heterocycles. The Morgan fingerprint density at radius 2 is 2.03 bits per heavy atom. The van der Waals surface area contributed by atoms with Crippen LogP contribution in [0, 0.1) is 12.3 Å². The van der Waals surface area contributed by atoms with E-state index in [2.05, 4.69) is 36.4 Å². The second-order valence-electron chi connectivity index (χ2n) is 7.72. The zero-order valence-electron chi connectivity index (χ0n) is 18.5. The number of terminal acetylenes is 1. The molecule has 10 nitrogen and oxygen atoms in total. The molecule has 1 atom stereocenters. The molecule has 5 rings (SSSR count). The van der Waals surface area contributed by atoms with Crippen molar-refractivity contribution in [3.63, 3.8) is 0 Å². The predicted octanol–water partition coefficient (Wildman–Crippen LogP) is 2.95. The minimum atomic E-state index is -0.140. The highest BCUT2D eigenvalue weighted by Gasteiger charge is 2.20. The summed E-state index contributed by atoms with van der Waals surface area (Å²) in [4.78, 5) is 13.6. The highest BCUT2D eigenvalue weighted by atomic mass is 16.5. The van der Waals surface area contributed by atoms with Crippen molar-refractivity contribution in [2.75, 3.05) is 11.9 Å². The van der Waals surface area contributed by atoms with Gasteiger partial charge in [0, 0.05) is 56.3 Å². The second kappa shape index (κ2) is 8.27. The Hall–Kier alpha value is -4.39. The van der Waals surface area contributed by atoms with Crippen molar-refractivity contribution >= 4 is 11.6 Å². The van der Waals surface area contributed by atoms with Crippen molar-refractivity contribution in [1.82, 2.24) is 34.5 Å². The van der Waals surface area contributed by atoms with Crippen LogP contribution in [0.5, 0.6) is 11.6 Å². The fourth-order valence-corrected chi connectivity index (χ4v) is 3.63. The second-order valence-corrected chi connectivity index (χ2v) is 7.72. The van der Waals surface area contributed by atoms with Gasteiger partial charge in [0.15, 0.2) is 5.82 Å². The van der Waals surface area contributed by atoms with E-state index in [1.165, 1.54) is 0 Å². The Labute approximate surface area is 190 Å². The van der Waals surface area contributed by atoms with Gasteiger partial charge in [-0.1, -0.05) is 0 Å². The van der Waals surface area contributed by atoms with E-state index in [-0.39, 0.29) is 6.10 Å². The van der Waals surface area contributed by atoms with Gasteiger partial charge >= 0.3 is 0 Å². The third-order valence-electron chi connectivity index (χ3n) is 5.25. The Morgan fingerprint density at radius 1 is 1.15 bits per heavy atom. The van der Waals surface area contributed by atoms with Crippen LogP contribution < -0.4 is 14.8 Å². The van der Waals surface area contributed by atoms with Crippen LogP contribution in [0.2, 0.25) is 0 Å². The fourth-order valence-electron chi connectivity index (χ4n) is 3.63. The molecule has 4 aromatic heterocycles. The Kier molecular flexibility index (Phi) is 5.14. The third kappa shape index (κ3) is 3.96. The van der Waals surface area contributed by atoms with Crippen molar-refractivity contribution < 1.29 is 9.47 Å². The predicted molar refractivity (Wildman–Crippen MR) is 122 cm³/mol. The molecule has 0 spiro atoms. The van der Waals surface area contributed by atoms with Crippen LogP contribution in [-0.2, 0) is 14.1 Å². The maximum absolute atomic E-state index is 6.33. The molecule has 0 amide bonds. The SMILES string of the molecule is C#Cc1nn(C)cc1-c1cnc2cc1O[C@@H](C)CCOc1c(cnn1C)-c1nccc(n1)N2. The number of rotatable bonds is 1. The smallest absolute Gasteiger partial charge is 0.222 e. The summed E-state index contributed by atoms with van der Waals surface area (Å²) in [6.45, 7) is 2.43. The van der Waals surface area contributed by atoms with Crippen LogP contribution in [0.25, 0.3) is 22.5 Å². The molecule has 0 radical (unpaired) electrons. The summed E-state index contributed by atoms with van der Waals surface area (Å²) < 4.78 is 15.7. The Bertz CT molecular complexity index is 1370. The van der Waals surface area contributed by atoms with Gasteiger partial charge in [-0.25, -0.2) is 19.6 Å². The van der Waals surface area contributed by atoms with Crippen molar-refractivity contribution in [2.24, 2.45) is 14.1 Å². The lowest BCUT2D eigenvalue weighted by Gasteiger charge is -2.19. The van der Waals surface area contributed by atoms with E-state index in [0.717, 1.165) is 11.1 Å². The summed E-state index contributed by atoms with van der Waals surface area (Å²) >= 11 is 0. The molecule has 166 valence electrons. The van der Waals surface area contributed by atoms with Gasteiger partial charge in [0.2, 0.25) is 5.88 Å². The summed E-state index contributed by atoms with van der Waals surface area (Å²) in [6.07, 6.45) is 13.1. The van der Waals surface area contributed by atoms with E-state index in [9.17, 15) is 0 Å². The molecule has 0 aliphatic carbocycles. The lowest BCUT2D eigenvalue weighted by atomic mass is 10.1. The number of hydrogen-bond acceptors (Lipinski definition) is 8. The first kappa shape index (κ1) is 20.5. The molecule has 10 heteroatoms. The molecule has 0 fully saturated rings. The number of pyridine rings is 1. The molecule has 1 aliphatic rings. The third-order valence-corrected chi connectivity index (χ3v) is 5.25. The van der Waals surface area contributed by atoms with E-state index in [0.29, 0.717) is 53.4 Å². The number of ether oxygens (including phenoxy) is 2. The fraction of sp³-hybridized carbons (Fsp3) is 0.261. The van der Waals surface area contributed by atoms with E-state index in [1.54, 1.807) is 34.0 Å². The minimum absolute atomic E-state index is 0.140. The minimum Gasteiger partial charge on any atom is -0.490 e. The number of aryl methyl sites for hydroxylation is 2. The number of nitrogens with one attached hydrogen (secondary N) is 1. The highest BCUT2D eigenvalue weighted by Crippen LogP contribution is 2.35. The highest BCUT2D eigenvalue weighted by molar-refractivity contribution is 5.75. The normalized spacial score (nSPS) is 15.3. The van der Waals surface area contributed by atoms with E-state index in [4.69, 9.17) is 15.9 Å². The maximum atomic E-state index is 6.33. The summed E-state index contributed by atoms with van der Waals surface area (Å²) in [6, 6.07) is 3.60. The van der Waals surface area contributed by atoms with Crippen molar-refractivity contribution in [3.8, 4) is 46.5 Å². The summed E-state index contributed by atoms with van der Waals surface area (Å²) in [5, 5.41) is 11.9. The molecular weight excluding hydrogens is 420 g/mol. The molecule has 4 bridgehead atoms. The van der Waals surface area contributed by atoms with Crippen LogP contribution in [0.4, 0.5) is 11.6 Å². The van der Waals surface area contributed by atoms with Gasteiger partial charge in [0.1, 0.15) is 28.6 Å². The average Bonchev–Trinajstić information content (AvgIpc) is 3.36. The molecule has 4 aromatic rings. The molecule has 1 N–H and O–H groups in total. The maximum Gasteiger partial charge on any atom is 0.222 e. The van der Waals surface area contributed by atoms with E-state index >= 15 is 0 Å². The molecule has 0 saturated carbocycles. The van der Waals surface area contributed by atoms with Crippen LogP contribution in [0.15, 0.2) is 36.9 Å². The van der Waals surface area contributed by atoms with Gasteiger partial charge in [0.25, 0.3) is 0 Å². The van der Waals surface area contributed by atoms with Crippen LogP contribution in [0.1, 0.15) is 19.0 Å². The number of anilines is 2. The van der Waals surface area contributed by atoms with Gasteiger partial charge in [0.05, 0.1) is 18.9 Å². The lowest BCUT2D eigenvalue weighted by Crippen LogP contribution is -2.17. The van der Waals surface area contributed by atoms with Gasteiger partial charge in [-0.2, -0.15) is 10.2 Å². The van der Waals surface area contributed by atoms with Crippen molar-refractivity contribution in [2.45, 2.75) is 19.4 Å². The zero-order valence-corrected chi connectivity index (χ0v) is 18.5. The van der Waals surface area contributed by atoms with Crippen LogP contribution in [-0.4, -0.2) is 47.2 Å².